The largest absolute Gasteiger partial charge is 0.296 e. The van der Waals surface area contributed by atoms with E-state index in [4.69, 9.17) is 0 Å². The van der Waals surface area contributed by atoms with E-state index in [0.717, 1.165) is 25.3 Å². The van der Waals surface area contributed by atoms with Crippen LogP contribution < -0.4 is 0 Å². The first-order valence-electron chi connectivity index (χ1n) is 7.22. The number of hydrogen-bond acceptors (Lipinski definition) is 4. The normalized spacial score (nSPS) is 12.5. The van der Waals surface area contributed by atoms with Gasteiger partial charge in [-0.15, -0.1) is 0 Å². The molecule has 1 rings (SSSR count). The van der Waals surface area contributed by atoms with Gasteiger partial charge in [0.05, 0.1) is 0 Å². The quantitative estimate of drug-likeness (QED) is 0.698. The molecule has 0 saturated carbocycles. The number of benzene rings is 1. The van der Waals surface area contributed by atoms with Crippen molar-refractivity contribution in [2.45, 2.75) is 62.2 Å². The predicted octanol–water partition coefficient (Wildman–Crippen LogP) is 2.87. The second kappa shape index (κ2) is 7.54. The van der Waals surface area contributed by atoms with Crippen LogP contribution >= 0.6 is 0 Å². The molecule has 0 atom stereocenters. The second-order valence-electron chi connectivity index (χ2n) is 5.19. The summed E-state index contributed by atoms with van der Waals surface area (Å²) in [7, 11) is -9.50. The van der Waals surface area contributed by atoms with E-state index in [1.807, 2.05) is 13.8 Å². The molecular formula is C14H22O6S2. The highest BCUT2D eigenvalue weighted by Gasteiger charge is 2.28. The molecular weight excluding hydrogens is 328 g/mol. The molecule has 0 fully saturated rings. The zero-order chi connectivity index (χ0) is 17.0. The van der Waals surface area contributed by atoms with Crippen LogP contribution in [0.2, 0.25) is 0 Å². The summed E-state index contributed by atoms with van der Waals surface area (Å²) in [5.41, 5.74) is 0.975. The van der Waals surface area contributed by atoms with Crippen LogP contribution in [0.1, 0.15) is 50.7 Å². The van der Waals surface area contributed by atoms with Crippen molar-refractivity contribution in [3.05, 3.63) is 23.3 Å². The maximum absolute atomic E-state index is 11.7. The van der Waals surface area contributed by atoms with Gasteiger partial charge in [0.25, 0.3) is 20.2 Å². The minimum absolute atomic E-state index is 0.285. The number of hydrogen-bond donors (Lipinski definition) is 2. The Kier molecular flexibility index (Phi) is 6.54. The molecule has 0 aliphatic heterocycles. The van der Waals surface area contributed by atoms with E-state index in [-0.39, 0.29) is 5.56 Å². The first kappa shape index (κ1) is 19.1. The van der Waals surface area contributed by atoms with Gasteiger partial charge in [0.1, 0.15) is 9.79 Å². The Morgan fingerprint density at radius 2 is 1.41 bits per heavy atom. The van der Waals surface area contributed by atoms with E-state index >= 15 is 0 Å². The molecule has 126 valence electrons. The average molecular weight is 350 g/mol. The Labute approximate surface area is 132 Å². The Morgan fingerprint density at radius 3 is 1.86 bits per heavy atom. The number of aryl methyl sites for hydroxylation is 1. The maximum Gasteiger partial charge on any atom is 0.296 e. The Hall–Kier alpha value is -0.960. The average Bonchev–Trinajstić information content (AvgIpc) is 2.40. The van der Waals surface area contributed by atoms with Crippen LogP contribution in [0.4, 0.5) is 0 Å². The lowest BCUT2D eigenvalue weighted by atomic mass is 9.98. The van der Waals surface area contributed by atoms with Crippen molar-refractivity contribution >= 4 is 20.2 Å². The van der Waals surface area contributed by atoms with Crippen LogP contribution in [-0.2, 0) is 33.1 Å². The van der Waals surface area contributed by atoms with Crippen molar-refractivity contribution in [3.8, 4) is 0 Å². The predicted molar refractivity (Wildman–Crippen MR) is 83.3 cm³/mol. The van der Waals surface area contributed by atoms with Crippen molar-refractivity contribution < 1.29 is 25.9 Å². The molecule has 1 aromatic rings. The Bertz CT molecular complexity index is 720. The third-order valence-corrected chi connectivity index (χ3v) is 5.44. The molecule has 0 heterocycles. The van der Waals surface area contributed by atoms with Crippen molar-refractivity contribution in [2.24, 2.45) is 0 Å². The summed E-state index contributed by atoms with van der Waals surface area (Å²) in [6.07, 6.45) is 4.06. The molecule has 8 heteroatoms. The summed E-state index contributed by atoms with van der Waals surface area (Å²) in [5, 5.41) is 0. The van der Waals surface area contributed by atoms with Gasteiger partial charge in [-0.2, -0.15) is 16.8 Å². The number of rotatable bonds is 8. The van der Waals surface area contributed by atoms with Crippen LogP contribution in [-0.4, -0.2) is 25.9 Å². The summed E-state index contributed by atoms with van der Waals surface area (Å²) in [4.78, 5) is -1.45. The van der Waals surface area contributed by atoms with Crippen molar-refractivity contribution in [1.82, 2.24) is 0 Å². The van der Waals surface area contributed by atoms with Gasteiger partial charge in [0, 0.05) is 0 Å². The topological polar surface area (TPSA) is 109 Å². The highest BCUT2D eigenvalue weighted by Crippen LogP contribution is 2.30. The van der Waals surface area contributed by atoms with E-state index in [1.54, 1.807) is 0 Å². The fourth-order valence-electron chi connectivity index (χ4n) is 2.36. The zero-order valence-corrected chi connectivity index (χ0v) is 14.4. The fraction of sp³-hybridized carbons (Fsp3) is 0.571. The summed E-state index contributed by atoms with van der Waals surface area (Å²) in [5.74, 6) is 0. The van der Waals surface area contributed by atoms with Crippen LogP contribution in [0.15, 0.2) is 21.9 Å². The maximum atomic E-state index is 11.7. The first-order chi connectivity index (χ1) is 10.1. The molecule has 0 aliphatic rings. The van der Waals surface area contributed by atoms with Gasteiger partial charge in [-0.3, -0.25) is 9.11 Å². The standard InChI is InChI=1S/C14H22O6S2/c1-3-5-7-11-9-10-13(21(15,16)17)14(22(18,19)20)12(11)8-6-4-2/h9-10H,3-8H2,1-2H3,(H,15,16,17)(H,18,19,20). The minimum atomic E-state index is -4.76. The fourth-order valence-corrected chi connectivity index (χ4v) is 4.46. The highest BCUT2D eigenvalue weighted by molar-refractivity contribution is 7.89. The third-order valence-electron chi connectivity index (χ3n) is 3.44. The van der Waals surface area contributed by atoms with Crippen LogP contribution in [0.3, 0.4) is 0 Å². The van der Waals surface area contributed by atoms with E-state index < -0.39 is 30.0 Å². The Morgan fingerprint density at radius 1 is 0.864 bits per heavy atom. The van der Waals surface area contributed by atoms with Gasteiger partial charge in [-0.25, -0.2) is 0 Å². The smallest absolute Gasteiger partial charge is 0.282 e. The molecule has 0 aromatic heterocycles. The summed E-state index contributed by atoms with van der Waals surface area (Å²) in [6, 6.07) is 2.55. The van der Waals surface area contributed by atoms with Gasteiger partial charge in [-0.05, 0) is 42.9 Å². The van der Waals surface area contributed by atoms with Gasteiger partial charge < -0.3 is 0 Å². The molecule has 1 aromatic carbocycles. The lowest BCUT2D eigenvalue weighted by molar-refractivity contribution is 0.464. The highest BCUT2D eigenvalue weighted by atomic mass is 32.2. The van der Waals surface area contributed by atoms with Crippen LogP contribution in [0.25, 0.3) is 0 Å². The molecule has 0 bridgehead atoms. The molecule has 6 nitrogen and oxygen atoms in total. The third kappa shape index (κ3) is 4.77. The lowest BCUT2D eigenvalue weighted by Crippen LogP contribution is -2.14. The molecule has 22 heavy (non-hydrogen) atoms. The van der Waals surface area contributed by atoms with Crippen LogP contribution in [0, 0.1) is 0 Å². The van der Waals surface area contributed by atoms with E-state index in [9.17, 15) is 25.9 Å². The van der Waals surface area contributed by atoms with Gasteiger partial charge in [-0.1, -0.05) is 32.8 Å². The molecule has 2 N–H and O–H groups in total. The van der Waals surface area contributed by atoms with E-state index in [1.165, 1.54) is 6.07 Å². The monoisotopic (exact) mass is 350 g/mol. The molecule has 0 aliphatic carbocycles. The van der Waals surface area contributed by atoms with Crippen molar-refractivity contribution in [1.29, 1.82) is 0 Å². The van der Waals surface area contributed by atoms with Gasteiger partial charge in [0.15, 0.2) is 0 Å². The Balaban J connectivity index is 3.66. The SMILES string of the molecule is CCCCc1ccc(S(=O)(=O)O)c(S(=O)(=O)O)c1CCCC. The second-order valence-corrected chi connectivity index (χ2v) is 7.94. The van der Waals surface area contributed by atoms with Crippen molar-refractivity contribution in [2.75, 3.05) is 0 Å². The van der Waals surface area contributed by atoms with Crippen molar-refractivity contribution in [3.63, 3.8) is 0 Å². The lowest BCUT2D eigenvalue weighted by Gasteiger charge is -2.15. The first-order valence-corrected chi connectivity index (χ1v) is 10.1. The molecule has 0 spiro atoms. The van der Waals surface area contributed by atoms with Gasteiger partial charge in [0.2, 0.25) is 0 Å². The molecule has 0 unspecified atom stereocenters. The van der Waals surface area contributed by atoms with E-state index in [2.05, 4.69) is 0 Å². The summed E-state index contributed by atoms with van der Waals surface area (Å²) in [6.45, 7) is 3.91. The van der Waals surface area contributed by atoms with Crippen LogP contribution in [0.5, 0.6) is 0 Å². The number of unbranched alkanes of at least 4 members (excludes halogenated alkanes) is 2. The molecule has 0 saturated heterocycles. The minimum Gasteiger partial charge on any atom is -0.282 e. The zero-order valence-electron chi connectivity index (χ0n) is 12.7. The molecule has 0 radical (unpaired) electrons. The summed E-state index contributed by atoms with van der Waals surface area (Å²) >= 11 is 0. The molecule has 0 amide bonds. The summed E-state index contributed by atoms with van der Waals surface area (Å²) < 4.78 is 65.0. The van der Waals surface area contributed by atoms with E-state index in [0.29, 0.717) is 24.8 Å². The van der Waals surface area contributed by atoms with Gasteiger partial charge >= 0.3 is 0 Å².